The van der Waals surface area contributed by atoms with Crippen LogP contribution in [0.4, 0.5) is 8.78 Å². The number of aliphatic imine (C=N–C) groups is 1. The van der Waals surface area contributed by atoms with Crippen LogP contribution in [0.5, 0.6) is 5.75 Å². The molecule has 7 nitrogen and oxygen atoms in total. The van der Waals surface area contributed by atoms with E-state index in [1.165, 1.54) is 18.2 Å². The van der Waals surface area contributed by atoms with E-state index in [4.69, 9.17) is 10.2 Å². The lowest BCUT2D eigenvalue weighted by atomic mass is 10.2. The van der Waals surface area contributed by atoms with E-state index < -0.39 is 12.5 Å². The van der Waals surface area contributed by atoms with Crippen molar-refractivity contribution in [3.05, 3.63) is 53.5 Å². The molecule has 28 heavy (non-hydrogen) atoms. The Morgan fingerprint density at radius 3 is 2.50 bits per heavy atom. The van der Waals surface area contributed by atoms with Crippen LogP contribution in [0.15, 0.2) is 45.8 Å². The van der Waals surface area contributed by atoms with Gasteiger partial charge in [-0.15, -0.1) is 24.0 Å². The molecule has 1 aromatic heterocycles. The SMILES string of the molecule is CCNC(=NCc1ccc(C(N)=O)o1)N(C)Cc1ccc(OC(F)F)cc1.I. The zero-order valence-electron chi connectivity index (χ0n) is 15.5. The summed E-state index contributed by atoms with van der Waals surface area (Å²) in [6, 6.07) is 9.57. The number of nitrogens with two attached hydrogens (primary N) is 1. The second kappa shape index (κ2) is 11.5. The summed E-state index contributed by atoms with van der Waals surface area (Å²) in [5.41, 5.74) is 6.06. The Morgan fingerprint density at radius 1 is 1.29 bits per heavy atom. The van der Waals surface area contributed by atoms with Crippen LogP contribution in [0.25, 0.3) is 0 Å². The van der Waals surface area contributed by atoms with E-state index in [0.29, 0.717) is 24.8 Å². The smallest absolute Gasteiger partial charge is 0.387 e. The zero-order chi connectivity index (χ0) is 19.8. The number of hydrogen-bond donors (Lipinski definition) is 2. The standard InChI is InChI=1S/C18H22F2N4O3.HI/c1-3-22-18(23-10-14-8-9-15(26-14)16(21)25)24(2)11-12-4-6-13(7-5-12)27-17(19)20;/h4-9,17H,3,10-11H2,1-2H3,(H2,21,25)(H,22,23);1H. The van der Waals surface area contributed by atoms with Crippen molar-refractivity contribution in [2.45, 2.75) is 26.6 Å². The van der Waals surface area contributed by atoms with Crippen molar-refractivity contribution in [3.63, 3.8) is 0 Å². The first-order valence-electron chi connectivity index (χ1n) is 8.30. The van der Waals surface area contributed by atoms with Crippen LogP contribution in [-0.2, 0) is 13.1 Å². The third-order valence-electron chi connectivity index (χ3n) is 3.55. The van der Waals surface area contributed by atoms with Crippen LogP contribution in [0.1, 0.15) is 28.8 Å². The maximum Gasteiger partial charge on any atom is 0.387 e. The number of furan rings is 1. The molecule has 1 amide bonds. The van der Waals surface area contributed by atoms with Crippen molar-refractivity contribution in [2.75, 3.05) is 13.6 Å². The second-order valence-corrected chi connectivity index (χ2v) is 5.68. The number of amides is 1. The molecule has 3 N–H and O–H groups in total. The van der Waals surface area contributed by atoms with Gasteiger partial charge in [0.2, 0.25) is 0 Å². The van der Waals surface area contributed by atoms with Crippen molar-refractivity contribution in [3.8, 4) is 5.75 Å². The minimum atomic E-state index is -2.84. The van der Waals surface area contributed by atoms with Gasteiger partial charge in [0, 0.05) is 20.1 Å². The minimum absolute atomic E-state index is 0. The first-order valence-corrected chi connectivity index (χ1v) is 8.30. The molecular weight excluding hydrogens is 485 g/mol. The van der Waals surface area contributed by atoms with Gasteiger partial charge in [0.05, 0.1) is 0 Å². The molecule has 154 valence electrons. The maximum atomic E-state index is 12.2. The molecule has 0 saturated carbocycles. The molecule has 0 spiro atoms. The highest BCUT2D eigenvalue weighted by atomic mass is 127. The van der Waals surface area contributed by atoms with E-state index in [2.05, 4.69) is 15.0 Å². The summed E-state index contributed by atoms with van der Waals surface area (Å²) in [6.45, 7) is 0.502. The number of halogens is 3. The number of nitrogens with zero attached hydrogens (tertiary/aromatic N) is 2. The summed E-state index contributed by atoms with van der Waals surface area (Å²) < 4.78 is 34.1. The average molecular weight is 508 g/mol. The molecule has 0 saturated heterocycles. The van der Waals surface area contributed by atoms with Crippen molar-refractivity contribution in [1.82, 2.24) is 10.2 Å². The molecule has 0 atom stereocenters. The van der Waals surface area contributed by atoms with Gasteiger partial charge in [-0.3, -0.25) is 4.79 Å². The fraction of sp³-hybridized carbons (Fsp3) is 0.333. The lowest BCUT2D eigenvalue weighted by molar-refractivity contribution is -0.0498. The van der Waals surface area contributed by atoms with E-state index in [9.17, 15) is 13.6 Å². The first kappa shape index (κ1) is 23.7. The molecule has 0 radical (unpaired) electrons. The molecule has 2 rings (SSSR count). The highest BCUT2D eigenvalue weighted by Crippen LogP contribution is 2.16. The number of benzene rings is 1. The highest BCUT2D eigenvalue weighted by molar-refractivity contribution is 14.0. The number of rotatable bonds is 8. The van der Waals surface area contributed by atoms with Crippen LogP contribution >= 0.6 is 24.0 Å². The fourth-order valence-electron chi connectivity index (χ4n) is 2.34. The first-order chi connectivity index (χ1) is 12.9. The van der Waals surface area contributed by atoms with Gasteiger partial charge in [-0.05, 0) is 36.8 Å². The number of guanidine groups is 1. The third kappa shape index (κ3) is 7.33. The normalized spacial score (nSPS) is 11.1. The average Bonchev–Trinajstić information content (AvgIpc) is 3.09. The second-order valence-electron chi connectivity index (χ2n) is 5.68. The van der Waals surface area contributed by atoms with Crippen LogP contribution in [0.2, 0.25) is 0 Å². The van der Waals surface area contributed by atoms with E-state index in [1.807, 2.05) is 18.9 Å². The van der Waals surface area contributed by atoms with Crippen molar-refractivity contribution >= 4 is 35.8 Å². The monoisotopic (exact) mass is 508 g/mol. The molecule has 0 fully saturated rings. The number of hydrogen-bond acceptors (Lipinski definition) is 4. The fourth-order valence-corrected chi connectivity index (χ4v) is 2.34. The quantitative estimate of drug-likeness (QED) is 0.325. The summed E-state index contributed by atoms with van der Waals surface area (Å²) in [5.74, 6) is 0.710. The molecular formula is C18H23F2IN4O3. The van der Waals surface area contributed by atoms with E-state index in [0.717, 1.165) is 5.56 Å². The maximum absolute atomic E-state index is 12.2. The van der Waals surface area contributed by atoms with Crippen LogP contribution < -0.4 is 15.8 Å². The van der Waals surface area contributed by atoms with Crippen molar-refractivity contribution in [2.24, 2.45) is 10.7 Å². The van der Waals surface area contributed by atoms with Crippen molar-refractivity contribution < 1.29 is 22.7 Å². The molecule has 0 aliphatic heterocycles. The van der Waals surface area contributed by atoms with Crippen molar-refractivity contribution in [1.29, 1.82) is 0 Å². The predicted octanol–water partition coefficient (Wildman–Crippen LogP) is 3.20. The minimum Gasteiger partial charge on any atom is -0.454 e. The van der Waals surface area contributed by atoms with Gasteiger partial charge in [0.15, 0.2) is 11.7 Å². The third-order valence-corrected chi connectivity index (χ3v) is 3.55. The summed E-state index contributed by atoms with van der Waals surface area (Å²) >= 11 is 0. The predicted molar refractivity (Wildman–Crippen MR) is 112 cm³/mol. The van der Waals surface area contributed by atoms with Gasteiger partial charge in [-0.1, -0.05) is 12.1 Å². The van der Waals surface area contributed by atoms with Gasteiger partial charge in [0.25, 0.3) is 5.91 Å². The largest absolute Gasteiger partial charge is 0.454 e. The number of alkyl halides is 2. The Balaban J connectivity index is 0.00000392. The summed E-state index contributed by atoms with van der Waals surface area (Å²) in [5, 5.41) is 3.16. The molecule has 0 bridgehead atoms. The Labute approximate surface area is 178 Å². The number of carbonyl (C=O) groups is 1. The number of carbonyl (C=O) groups excluding carboxylic acids is 1. The lowest BCUT2D eigenvalue weighted by Gasteiger charge is -2.22. The Hall–Kier alpha value is -2.37. The molecule has 10 heteroatoms. The highest BCUT2D eigenvalue weighted by Gasteiger charge is 2.10. The summed E-state index contributed by atoms with van der Waals surface area (Å²) in [6.07, 6.45) is 0. The number of nitrogens with one attached hydrogen (secondary N) is 1. The Morgan fingerprint density at radius 2 is 1.96 bits per heavy atom. The van der Waals surface area contributed by atoms with Gasteiger partial charge in [0.1, 0.15) is 18.1 Å². The number of primary amides is 1. The van der Waals surface area contributed by atoms with Gasteiger partial charge < -0.3 is 25.1 Å². The summed E-state index contributed by atoms with van der Waals surface area (Å²) in [4.78, 5) is 17.4. The molecule has 1 aromatic carbocycles. The van der Waals surface area contributed by atoms with Gasteiger partial charge in [-0.25, -0.2) is 4.99 Å². The zero-order valence-corrected chi connectivity index (χ0v) is 17.9. The van der Waals surface area contributed by atoms with Crippen LogP contribution in [0.3, 0.4) is 0 Å². The van der Waals surface area contributed by atoms with E-state index in [1.54, 1.807) is 18.2 Å². The Bertz CT molecular complexity index is 781. The van der Waals surface area contributed by atoms with Gasteiger partial charge >= 0.3 is 6.61 Å². The molecule has 2 aromatic rings. The number of ether oxygens (including phenoxy) is 1. The van der Waals surface area contributed by atoms with Crippen LogP contribution in [0, 0.1) is 0 Å². The Kier molecular flexibility index (Phi) is 9.69. The molecule has 1 heterocycles. The van der Waals surface area contributed by atoms with E-state index in [-0.39, 0.29) is 42.0 Å². The van der Waals surface area contributed by atoms with Crippen LogP contribution in [-0.4, -0.2) is 37.0 Å². The summed E-state index contributed by atoms with van der Waals surface area (Å²) in [7, 11) is 1.85. The molecule has 0 aliphatic rings. The van der Waals surface area contributed by atoms with Gasteiger partial charge in [-0.2, -0.15) is 8.78 Å². The lowest BCUT2D eigenvalue weighted by Crippen LogP contribution is -2.38. The van der Waals surface area contributed by atoms with E-state index >= 15 is 0 Å². The molecule has 0 unspecified atom stereocenters. The topological polar surface area (TPSA) is 93.1 Å². The molecule has 0 aliphatic carbocycles.